The molecule has 0 aromatic rings. The van der Waals surface area contributed by atoms with Crippen LogP contribution in [0.5, 0.6) is 0 Å². The first-order chi connectivity index (χ1) is 4.43. The zero-order valence-corrected chi connectivity index (χ0v) is 5.42. The summed E-state index contributed by atoms with van der Waals surface area (Å²) in [5.74, 6) is 1.20. The summed E-state index contributed by atoms with van der Waals surface area (Å²) < 4.78 is 5.40. The molecule has 0 amide bonds. The fraction of sp³-hybridized carbons (Fsp3) is 1.00. The molecular weight excluding hydrogens is 116 g/mol. The van der Waals surface area contributed by atoms with Crippen LogP contribution in [0.2, 0.25) is 0 Å². The summed E-state index contributed by atoms with van der Waals surface area (Å²) in [6.45, 7) is 1.24. The Labute approximate surface area is 54.8 Å². The third-order valence-electron chi connectivity index (χ3n) is 2.46. The highest BCUT2D eigenvalue weighted by molar-refractivity contribution is 4.99. The van der Waals surface area contributed by atoms with Crippen molar-refractivity contribution in [3.63, 3.8) is 0 Å². The largest absolute Gasteiger partial charge is 0.396 e. The Morgan fingerprint density at radius 1 is 1.56 bits per heavy atom. The second-order valence-corrected chi connectivity index (χ2v) is 2.99. The fourth-order valence-corrected chi connectivity index (χ4v) is 1.81. The minimum Gasteiger partial charge on any atom is -0.396 e. The number of aliphatic hydroxyl groups excluding tert-OH is 1. The third-order valence-corrected chi connectivity index (χ3v) is 2.46. The van der Waals surface area contributed by atoms with E-state index in [0.29, 0.717) is 24.5 Å². The van der Waals surface area contributed by atoms with Gasteiger partial charge in [-0.15, -0.1) is 0 Å². The fourth-order valence-electron chi connectivity index (χ4n) is 1.81. The van der Waals surface area contributed by atoms with E-state index in [9.17, 15) is 0 Å². The van der Waals surface area contributed by atoms with Gasteiger partial charge in [0.25, 0.3) is 0 Å². The summed E-state index contributed by atoms with van der Waals surface area (Å²) >= 11 is 0. The molecule has 1 aliphatic carbocycles. The van der Waals surface area contributed by atoms with Gasteiger partial charge >= 0.3 is 0 Å². The molecule has 2 fully saturated rings. The highest BCUT2D eigenvalue weighted by Crippen LogP contribution is 2.47. The number of rotatable bonds is 1. The summed E-state index contributed by atoms with van der Waals surface area (Å²) in [5.41, 5.74) is 0. The van der Waals surface area contributed by atoms with Gasteiger partial charge in [-0.25, -0.2) is 0 Å². The molecular formula is C7H12O2. The zero-order valence-electron chi connectivity index (χ0n) is 5.42. The van der Waals surface area contributed by atoms with Crippen LogP contribution in [-0.2, 0) is 4.74 Å². The van der Waals surface area contributed by atoms with E-state index in [1.54, 1.807) is 0 Å². The van der Waals surface area contributed by atoms with Crippen LogP contribution in [0.25, 0.3) is 0 Å². The van der Waals surface area contributed by atoms with E-state index in [1.807, 2.05) is 0 Å². The number of ether oxygens (including phenoxy) is 1. The molecule has 1 N–H and O–H groups in total. The van der Waals surface area contributed by atoms with Gasteiger partial charge < -0.3 is 9.84 Å². The maximum atomic E-state index is 8.76. The maximum Gasteiger partial charge on any atom is 0.0661 e. The molecule has 1 saturated carbocycles. The van der Waals surface area contributed by atoms with Crippen LogP contribution < -0.4 is 0 Å². The van der Waals surface area contributed by atoms with Gasteiger partial charge in [0.2, 0.25) is 0 Å². The molecule has 2 heteroatoms. The Bertz CT molecular complexity index is 94.7. The number of hydrogen-bond donors (Lipinski definition) is 1. The average molecular weight is 128 g/mol. The van der Waals surface area contributed by atoms with Crippen LogP contribution in [-0.4, -0.2) is 24.4 Å². The molecule has 2 aliphatic rings. The highest BCUT2D eigenvalue weighted by atomic mass is 16.5. The molecule has 0 aromatic carbocycles. The molecule has 2 rings (SSSR count). The molecule has 0 radical (unpaired) electrons. The van der Waals surface area contributed by atoms with E-state index in [2.05, 4.69) is 0 Å². The molecule has 0 unspecified atom stereocenters. The molecule has 9 heavy (non-hydrogen) atoms. The zero-order chi connectivity index (χ0) is 6.27. The predicted octanol–water partition coefficient (Wildman–Crippen LogP) is 0.404. The van der Waals surface area contributed by atoms with Gasteiger partial charge in [-0.2, -0.15) is 0 Å². The van der Waals surface area contributed by atoms with Crippen molar-refractivity contribution in [3.8, 4) is 0 Å². The second-order valence-electron chi connectivity index (χ2n) is 2.99. The van der Waals surface area contributed by atoms with Gasteiger partial charge in [-0.3, -0.25) is 0 Å². The van der Waals surface area contributed by atoms with Crippen LogP contribution in [0.3, 0.4) is 0 Å². The molecule has 1 saturated heterocycles. The first-order valence-electron chi connectivity index (χ1n) is 3.66. The van der Waals surface area contributed by atoms with Crippen molar-refractivity contribution >= 4 is 0 Å². The van der Waals surface area contributed by atoms with E-state index in [4.69, 9.17) is 9.84 Å². The third kappa shape index (κ3) is 0.775. The van der Waals surface area contributed by atoms with Crippen LogP contribution >= 0.6 is 0 Å². The van der Waals surface area contributed by atoms with Crippen LogP contribution in [0, 0.1) is 11.8 Å². The van der Waals surface area contributed by atoms with Gasteiger partial charge in [0, 0.05) is 19.1 Å². The summed E-state index contributed by atoms with van der Waals surface area (Å²) in [5, 5.41) is 8.76. The van der Waals surface area contributed by atoms with E-state index in [-0.39, 0.29) is 0 Å². The molecule has 2 nitrogen and oxygen atoms in total. The number of fused-ring (bicyclic) bond motifs is 1. The standard InChI is InChI=1S/C7H12O2/c8-4-6-5-2-1-3-9-7(5)6/h5-8H,1-4H2/t5-,6+,7+/m0/s1. The van der Waals surface area contributed by atoms with Gasteiger partial charge in [-0.1, -0.05) is 0 Å². The van der Waals surface area contributed by atoms with Crippen molar-refractivity contribution in [2.45, 2.75) is 18.9 Å². The van der Waals surface area contributed by atoms with Crippen molar-refractivity contribution in [1.29, 1.82) is 0 Å². The predicted molar refractivity (Wildman–Crippen MR) is 33.0 cm³/mol. The van der Waals surface area contributed by atoms with Crippen LogP contribution in [0.15, 0.2) is 0 Å². The topological polar surface area (TPSA) is 29.5 Å². The lowest BCUT2D eigenvalue weighted by molar-refractivity contribution is 0.0716. The van der Waals surface area contributed by atoms with Crippen molar-refractivity contribution in [2.24, 2.45) is 11.8 Å². The molecule has 0 bridgehead atoms. The Morgan fingerprint density at radius 3 is 3.00 bits per heavy atom. The summed E-state index contributed by atoms with van der Waals surface area (Å²) in [6.07, 6.45) is 2.90. The summed E-state index contributed by atoms with van der Waals surface area (Å²) in [4.78, 5) is 0. The molecule has 52 valence electrons. The molecule has 0 spiro atoms. The SMILES string of the molecule is OC[C@@H]1[C@@H]2CCCO[C@@H]12. The lowest BCUT2D eigenvalue weighted by atomic mass is 10.2. The van der Waals surface area contributed by atoms with E-state index in [0.717, 1.165) is 6.61 Å². The summed E-state index contributed by atoms with van der Waals surface area (Å²) in [6, 6.07) is 0. The molecule has 1 aliphatic heterocycles. The maximum absolute atomic E-state index is 8.76. The Morgan fingerprint density at radius 2 is 2.44 bits per heavy atom. The monoisotopic (exact) mass is 128 g/mol. The van der Waals surface area contributed by atoms with E-state index >= 15 is 0 Å². The minimum absolute atomic E-state index is 0.329. The number of hydrogen-bond acceptors (Lipinski definition) is 2. The van der Waals surface area contributed by atoms with Gasteiger partial charge in [0.15, 0.2) is 0 Å². The molecule has 0 aromatic heterocycles. The highest BCUT2D eigenvalue weighted by Gasteiger charge is 2.51. The quantitative estimate of drug-likeness (QED) is 0.554. The molecule has 1 heterocycles. The number of aliphatic hydroxyl groups is 1. The van der Waals surface area contributed by atoms with Crippen molar-refractivity contribution in [2.75, 3.05) is 13.2 Å². The van der Waals surface area contributed by atoms with E-state index in [1.165, 1.54) is 12.8 Å². The summed E-state index contributed by atoms with van der Waals surface area (Å²) in [7, 11) is 0. The van der Waals surface area contributed by atoms with Gasteiger partial charge in [0.05, 0.1) is 6.10 Å². The van der Waals surface area contributed by atoms with Crippen molar-refractivity contribution < 1.29 is 9.84 Å². The minimum atomic E-state index is 0.329. The first-order valence-corrected chi connectivity index (χ1v) is 3.66. The Balaban J connectivity index is 1.91. The van der Waals surface area contributed by atoms with Crippen molar-refractivity contribution in [3.05, 3.63) is 0 Å². The van der Waals surface area contributed by atoms with Gasteiger partial charge in [-0.05, 0) is 18.8 Å². The Kier molecular flexibility index (Phi) is 1.24. The lowest BCUT2D eigenvalue weighted by Crippen LogP contribution is -2.06. The van der Waals surface area contributed by atoms with Gasteiger partial charge in [0.1, 0.15) is 0 Å². The normalized spacial score (nSPS) is 48.3. The van der Waals surface area contributed by atoms with Crippen LogP contribution in [0.1, 0.15) is 12.8 Å². The van der Waals surface area contributed by atoms with Crippen molar-refractivity contribution in [1.82, 2.24) is 0 Å². The van der Waals surface area contributed by atoms with E-state index < -0.39 is 0 Å². The lowest BCUT2D eigenvalue weighted by Gasteiger charge is -2.07. The first kappa shape index (κ1) is 5.69. The smallest absolute Gasteiger partial charge is 0.0661 e. The average Bonchev–Trinajstić information content (AvgIpc) is 2.60. The van der Waals surface area contributed by atoms with Crippen LogP contribution in [0.4, 0.5) is 0 Å². The second kappa shape index (κ2) is 1.96. The molecule has 3 atom stereocenters. The Hall–Kier alpha value is -0.0800.